The Balaban J connectivity index is 2.51. The van der Waals surface area contributed by atoms with Crippen molar-refractivity contribution in [2.45, 2.75) is 38.2 Å². The molecule has 0 fully saturated rings. The van der Waals surface area contributed by atoms with E-state index in [2.05, 4.69) is 31.0 Å². The molecule has 2 aromatic rings. The molecule has 0 saturated heterocycles. The number of pyridine rings is 1. The number of aliphatic hydroxyl groups is 1. The van der Waals surface area contributed by atoms with Crippen LogP contribution >= 0.6 is 0 Å². The van der Waals surface area contributed by atoms with Crippen molar-refractivity contribution in [2.75, 3.05) is 5.73 Å². The van der Waals surface area contributed by atoms with Gasteiger partial charge >= 0.3 is 0 Å². The van der Waals surface area contributed by atoms with Crippen molar-refractivity contribution < 1.29 is 5.11 Å². The number of aromatic nitrogens is 1. The minimum atomic E-state index is -0.659. The van der Waals surface area contributed by atoms with E-state index in [0.717, 1.165) is 18.4 Å². The summed E-state index contributed by atoms with van der Waals surface area (Å²) in [6.07, 6.45) is 2.66. The molecule has 3 N–H and O–H groups in total. The topological polar surface area (TPSA) is 59.1 Å². The largest absolute Gasteiger partial charge is 0.387 e. The van der Waals surface area contributed by atoms with Gasteiger partial charge in [-0.3, -0.25) is 0 Å². The van der Waals surface area contributed by atoms with E-state index in [-0.39, 0.29) is 5.41 Å². The van der Waals surface area contributed by atoms with Crippen molar-refractivity contribution in [2.24, 2.45) is 0 Å². The van der Waals surface area contributed by atoms with Gasteiger partial charge in [-0.25, -0.2) is 4.98 Å². The summed E-state index contributed by atoms with van der Waals surface area (Å²) in [5.41, 5.74) is 7.45. The number of hydrogen-bond acceptors (Lipinski definition) is 3. The average molecular weight is 270 g/mol. The summed E-state index contributed by atoms with van der Waals surface area (Å²) in [6, 6.07) is 13.8. The Morgan fingerprint density at radius 3 is 2.30 bits per heavy atom. The van der Waals surface area contributed by atoms with Gasteiger partial charge in [0.05, 0.1) is 6.10 Å². The lowest BCUT2D eigenvalue weighted by molar-refractivity contribution is 0.0731. The predicted molar refractivity (Wildman–Crippen MR) is 82.3 cm³/mol. The Morgan fingerprint density at radius 2 is 1.75 bits per heavy atom. The van der Waals surface area contributed by atoms with Crippen molar-refractivity contribution in [3.05, 3.63) is 59.8 Å². The molecule has 1 heterocycles. The second-order valence-electron chi connectivity index (χ2n) is 5.11. The van der Waals surface area contributed by atoms with Crippen LogP contribution in [0.1, 0.15) is 43.9 Å². The second-order valence-corrected chi connectivity index (χ2v) is 5.11. The normalized spacial score (nSPS) is 13.2. The molecular weight excluding hydrogens is 248 g/mol. The van der Waals surface area contributed by atoms with Crippen LogP contribution < -0.4 is 5.73 Å². The molecule has 1 atom stereocenters. The molecule has 0 spiro atoms. The lowest BCUT2D eigenvalue weighted by Crippen LogP contribution is -2.33. The maximum Gasteiger partial charge on any atom is 0.129 e. The number of aliphatic hydroxyl groups excluding tert-OH is 1. The van der Waals surface area contributed by atoms with E-state index in [4.69, 9.17) is 5.73 Å². The molecule has 3 nitrogen and oxygen atoms in total. The molecule has 0 amide bonds. The quantitative estimate of drug-likeness (QED) is 0.874. The molecule has 2 rings (SSSR count). The van der Waals surface area contributed by atoms with Crippen molar-refractivity contribution >= 4 is 5.82 Å². The lowest BCUT2D eigenvalue weighted by Gasteiger charge is -2.37. The Hall–Kier alpha value is -1.87. The first-order chi connectivity index (χ1) is 9.65. The number of nitrogens with two attached hydrogens (primary N) is 1. The van der Waals surface area contributed by atoms with Crippen LogP contribution in [-0.2, 0) is 5.41 Å². The van der Waals surface area contributed by atoms with E-state index in [0.29, 0.717) is 11.4 Å². The zero-order valence-corrected chi connectivity index (χ0v) is 12.1. The number of hydrogen-bond donors (Lipinski definition) is 2. The summed E-state index contributed by atoms with van der Waals surface area (Å²) in [5, 5.41) is 10.9. The van der Waals surface area contributed by atoms with Gasteiger partial charge in [0.1, 0.15) is 5.82 Å². The van der Waals surface area contributed by atoms with Crippen LogP contribution in [0.15, 0.2) is 48.7 Å². The van der Waals surface area contributed by atoms with Gasteiger partial charge in [0.2, 0.25) is 0 Å². The van der Waals surface area contributed by atoms with E-state index in [1.54, 1.807) is 6.20 Å². The van der Waals surface area contributed by atoms with Crippen LogP contribution in [-0.4, -0.2) is 10.1 Å². The molecule has 0 bridgehead atoms. The number of anilines is 1. The fourth-order valence-electron chi connectivity index (χ4n) is 2.93. The van der Waals surface area contributed by atoms with Gasteiger partial charge in [-0.1, -0.05) is 50.2 Å². The van der Waals surface area contributed by atoms with Gasteiger partial charge in [0.25, 0.3) is 0 Å². The minimum absolute atomic E-state index is 0.335. The van der Waals surface area contributed by atoms with Crippen LogP contribution in [0.3, 0.4) is 0 Å². The second kappa shape index (κ2) is 6.06. The third-order valence-electron chi connectivity index (χ3n) is 4.30. The van der Waals surface area contributed by atoms with Gasteiger partial charge in [-0.2, -0.15) is 0 Å². The number of benzene rings is 1. The van der Waals surface area contributed by atoms with Crippen molar-refractivity contribution in [1.82, 2.24) is 4.98 Å². The molecule has 1 aromatic carbocycles. The van der Waals surface area contributed by atoms with Crippen molar-refractivity contribution in [1.29, 1.82) is 0 Å². The summed E-state index contributed by atoms with van der Waals surface area (Å²) in [4.78, 5) is 4.09. The first kappa shape index (κ1) is 14.5. The maximum atomic E-state index is 10.9. The summed E-state index contributed by atoms with van der Waals surface area (Å²) < 4.78 is 0. The molecule has 1 unspecified atom stereocenters. The first-order valence-electron chi connectivity index (χ1n) is 7.09. The molecule has 3 heteroatoms. The molecular formula is C17H22N2O. The maximum absolute atomic E-state index is 10.9. The summed E-state index contributed by atoms with van der Waals surface area (Å²) in [5.74, 6) is 0.405. The zero-order chi connectivity index (χ0) is 14.6. The van der Waals surface area contributed by atoms with Crippen molar-refractivity contribution in [3.8, 4) is 0 Å². The zero-order valence-electron chi connectivity index (χ0n) is 12.1. The van der Waals surface area contributed by atoms with Crippen LogP contribution in [0.2, 0.25) is 0 Å². The first-order valence-corrected chi connectivity index (χ1v) is 7.09. The Bertz CT molecular complexity index is 550. The van der Waals surface area contributed by atoms with Crippen LogP contribution in [0.4, 0.5) is 5.82 Å². The average Bonchev–Trinajstić information content (AvgIpc) is 2.50. The monoisotopic (exact) mass is 270 g/mol. The van der Waals surface area contributed by atoms with Crippen LogP contribution in [0.5, 0.6) is 0 Å². The predicted octanol–water partition coefficient (Wildman–Crippen LogP) is 3.46. The highest BCUT2D eigenvalue weighted by atomic mass is 16.3. The van der Waals surface area contributed by atoms with Gasteiger partial charge in [-0.05, 0) is 24.5 Å². The fraction of sp³-hybridized carbons (Fsp3) is 0.353. The molecule has 0 saturated carbocycles. The number of nitrogen functional groups attached to an aromatic ring is 1. The standard InChI is InChI=1S/C17H22N2O/c1-3-17(4-2,13-9-6-5-7-10-13)15(20)14-11-8-12-19-16(14)18/h5-12,15,20H,3-4H2,1-2H3,(H2,18,19). The SMILES string of the molecule is CCC(CC)(c1ccccc1)C(O)c1cccnc1N. The minimum Gasteiger partial charge on any atom is -0.387 e. The van der Waals surface area contributed by atoms with E-state index in [1.807, 2.05) is 30.3 Å². The molecule has 1 aromatic heterocycles. The fourth-order valence-corrected chi connectivity index (χ4v) is 2.93. The molecule has 0 radical (unpaired) electrons. The molecule has 0 aliphatic carbocycles. The summed E-state index contributed by atoms with van der Waals surface area (Å²) in [7, 11) is 0. The Kier molecular flexibility index (Phi) is 4.40. The van der Waals surface area contributed by atoms with Gasteiger partial charge < -0.3 is 10.8 Å². The van der Waals surface area contributed by atoms with Gasteiger partial charge in [0, 0.05) is 17.2 Å². The van der Waals surface area contributed by atoms with Gasteiger partial charge in [-0.15, -0.1) is 0 Å². The van der Waals surface area contributed by atoms with E-state index < -0.39 is 6.10 Å². The molecule has 0 aliphatic heterocycles. The number of rotatable bonds is 5. The highest BCUT2D eigenvalue weighted by Crippen LogP contribution is 2.44. The summed E-state index contributed by atoms with van der Waals surface area (Å²) in [6.45, 7) is 4.21. The highest BCUT2D eigenvalue weighted by molar-refractivity contribution is 5.43. The van der Waals surface area contributed by atoms with E-state index >= 15 is 0 Å². The smallest absolute Gasteiger partial charge is 0.129 e. The molecule has 106 valence electrons. The third kappa shape index (κ3) is 2.41. The van der Waals surface area contributed by atoms with Crippen molar-refractivity contribution in [3.63, 3.8) is 0 Å². The summed E-state index contributed by atoms with van der Waals surface area (Å²) >= 11 is 0. The van der Waals surface area contributed by atoms with Crippen LogP contribution in [0, 0.1) is 0 Å². The Labute approximate surface area is 120 Å². The third-order valence-corrected chi connectivity index (χ3v) is 4.30. The van der Waals surface area contributed by atoms with E-state index in [9.17, 15) is 5.11 Å². The number of nitrogens with zero attached hydrogens (tertiary/aromatic N) is 1. The van der Waals surface area contributed by atoms with Gasteiger partial charge in [0.15, 0.2) is 0 Å². The highest BCUT2D eigenvalue weighted by Gasteiger charge is 2.38. The molecule has 0 aliphatic rings. The lowest BCUT2D eigenvalue weighted by atomic mass is 9.69. The van der Waals surface area contributed by atoms with E-state index in [1.165, 1.54) is 0 Å². The molecule has 20 heavy (non-hydrogen) atoms. The van der Waals surface area contributed by atoms with Crippen LogP contribution in [0.25, 0.3) is 0 Å². The Morgan fingerprint density at radius 1 is 1.10 bits per heavy atom.